The highest BCUT2D eigenvalue weighted by atomic mass is 35.5. The minimum Gasteiger partial charge on any atom is -0.496 e. The van der Waals surface area contributed by atoms with Crippen molar-refractivity contribution in [3.8, 4) is 16.9 Å². The Balaban J connectivity index is 1.52. The van der Waals surface area contributed by atoms with Crippen molar-refractivity contribution in [1.82, 2.24) is 5.32 Å². The lowest BCUT2D eigenvalue weighted by Gasteiger charge is -2.20. The standard InChI is InChI=1S/C32H30ClF4NO3/c1-40-19-26(16-20-4-3-5-21(7-6-20)24-10-14-29(34)28(33)18-24)38-31(39)27-17-23(11-15-30(27)41-2)22-8-12-25(13-9-22)32(35,36)37/h6-15,17-18,26H,3-5,16,19H2,1-2H3,(H,38,39). The van der Waals surface area contributed by atoms with Crippen molar-refractivity contribution in [3.05, 3.63) is 106 Å². The normalized spacial score (nSPS) is 14.5. The number of rotatable bonds is 9. The van der Waals surface area contributed by atoms with Crippen LogP contribution in [0.5, 0.6) is 5.75 Å². The Morgan fingerprint density at radius 3 is 2.32 bits per heavy atom. The summed E-state index contributed by atoms with van der Waals surface area (Å²) >= 11 is 5.97. The van der Waals surface area contributed by atoms with Crippen molar-refractivity contribution in [3.63, 3.8) is 0 Å². The molecule has 4 nitrogen and oxygen atoms in total. The summed E-state index contributed by atoms with van der Waals surface area (Å²) in [6.07, 6.45) is 2.65. The molecule has 0 bridgehead atoms. The van der Waals surface area contributed by atoms with Crippen LogP contribution in [0.2, 0.25) is 5.02 Å². The first kappa shape index (κ1) is 30.3. The smallest absolute Gasteiger partial charge is 0.416 e. The van der Waals surface area contributed by atoms with Gasteiger partial charge in [0.05, 0.1) is 35.9 Å². The lowest BCUT2D eigenvalue weighted by Crippen LogP contribution is -2.38. The molecular formula is C32H30ClF4NO3. The van der Waals surface area contributed by atoms with E-state index in [1.54, 1.807) is 37.4 Å². The molecule has 9 heteroatoms. The highest BCUT2D eigenvalue weighted by molar-refractivity contribution is 6.30. The number of hydrogen-bond donors (Lipinski definition) is 1. The van der Waals surface area contributed by atoms with Crippen LogP contribution >= 0.6 is 11.6 Å². The molecule has 41 heavy (non-hydrogen) atoms. The second-order valence-corrected chi connectivity index (χ2v) is 10.2. The second kappa shape index (κ2) is 13.4. The van der Waals surface area contributed by atoms with Gasteiger partial charge in [0, 0.05) is 7.11 Å². The minimum absolute atomic E-state index is 0.0811. The molecule has 0 aliphatic heterocycles. The molecule has 3 aromatic rings. The largest absolute Gasteiger partial charge is 0.496 e. The van der Waals surface area contributed by atoms with Gasteiger partial charge in [-0.05, 0) is 84.3 Å². The van der Waals surface area contributed by atoms with Gasteiger partial charge in [0.2, 0.25) is 0 Å². The number of methoxy groups -OCH3 is 2. The molecule has 1 amide bonds. The molecule has 216 valence electrons. The van der Waals surface area contributed by atoms with Gasteiger partial charge in [0.1, 0.15) is 11.6 Å². The van der Waals surface area contributed by atoms with E-state index in [4.69, 9.17) is 21.1 Å². The fourth-order valence-corrected chi connectivity index (χ4v) is 5.03. The molecule has 1 aliphatic rings. The maximum absolute atomic E-state index is 13.6. The van der Waals surface area contributed by atoms with Crippen LogP contribution < -0.4 is 10.1 Å². The molecule has 0 heterocycles. The summed E-state index contributed by atoms with van der Waals surface area (Å²) in [6.45, 7) is 0.272. The number of amides is 1. The number of nitrogens with one attached hydrogen (secondary N) is 1. The summed E-state index contributed by atoms with van der Waals surface area (Å²) in [5.41, 5.74) is 3.69. The molecule has 0 fully saturated rings. The van der Waals surface area contributed by atoms with Gasteiger partial charge in [-0.25, -0.2) is 4.39 Å². The topological polar surface area (TPSA) is 47.6 Å². The Labute approximate surface area is 241 Å². The van der Waals surface area contributed by atoms with Gasteiger partial charge in [-0.3, -0.25) is 4.79 Å². The van der Waals surface area contributed by atoms with Gasteiger partial charge in [0.15, 0.2) is 0 Å². The van der Waals surface area contributed by atoms with Crippen molar-refractivity contribution in [2.75, 3.05) is 20.8 Å². The predicted molar refractivity (Wildman–Crippen MR) is 153 cm³/mol. The van der Waals surface area contributed by atoms with Crippen LogP contribution in [0.15, 0.2) is 78.4 Å². The Hall–Kier alpha value is -3.62. The van der Waals surface area contributed by atoms with Gasteiger partial charge in [0.25, 0.3) is 5.91 Å². The van der Waals surface area contributed by atoms with E-state index in [2.05, 4.69) is 5.32 Å². The molecule has 0 saturated carbocycles. The van der Waals surface area contributed by atoms with E-state index in [1.807, 2.05) is 12.2 Å². The monoisotopic (exact) mass is 587 g/mol. The second-order valence-electron chi connectivity index (χ2n) is 9.82. The number of carbonyl (C=O) groups excluding carboxylic acids is 1. The Bertz CT molecular complexity index is 1450. The molecule has 1 aliphatic carbocycles. The van der Waals surface area contributed by atoms with Crippen molar-refractivity contribution < 1.29 is 31.8 Å². The van der Waals surface area contributed by atoms with E-state index >= 15 is 0 Å². The maximum Gasteiger partial charge on any atom is 0.416 e. The highest BCUT2D eigenvalue weighted by Gasteiger charge is 2.30. The molecule has 3 aromatic carbocycles. The fourth-order valence-electron chi connectivity index (χ4n) is 4.85. The van der Waals surface area contributed by atoms with Crippen molar-refractivity contribution >= 4 is 23.1 Å². The third-order valence-corrected chi connectivity index (χ3v) is 7.25. The molecule has 0 spiro atoms. The molecule has 1 atom stereocenters. The highest BCUT2D eigenvalue weighted by Crippen LogP contribution is 2.33. The summed E-state index contributed by atoms with van der Waals surface area (Å²) in [5.74, 6) is -0.502. The molecule has 0 radical (unpaired) electrons. The summed E-state index contributed by atoms with van der Waals surface area (Å²) in [6, 6.07) is 14.1. The van der Waals surface area contributed by atoms with Crippen LogP contribution in [-0.4, -0.2) is 32.8 Å². The number of carbonyl (C=O) groups is 1. The SMILES string of the molecule is COCC(CC1=CC=C(c2ccc(F)c(Cl)c2)CCC1)NC(=O)c1cc(-c2ccc(C(F)(F)F)cc2)ccc1OC. The molecule has 1 N–H and O–H groups in total. The van der Waals surface area contributed by atoms with Crippen molar-refractivity contribution in [1.29, 1.82) is 0 Å². The zero-order valence-corrected chi connectivity index (χ0v) is 23.4. The first-order valence-corrected chi connectivity index (χ1v) is 13.5. The molecule has 0 saturated heterocycles. The predicted octanol–water partition coefficient (Wildman–Crippen LogP) is 8.50. The lowest BCUT2D eigenvalue weighted by atomic mass is 9.99. The van der Waals surface area contributed by atoms with Crippen LogP contribution in [0.4, 0.5) is 17.6 Å². The number of ether oxygens (including phenoxy) is 2. The average molecular weight is 588 g/mol. The fraction of sp³-hybridized carbons (Fsp3) is 0.281. The summed E-state index contributed by atoms with van der Waals surface area (Å²) in [4.78, 5) is 13.4. The van der Waals surface area contributed by atoms with E-state index in [0.717, 1.165) is 48.1 Å². The first-order chi connectivity index (χ1) is 19.6. The van der Waals surface area contributed by atoms with Crippen LogP contribution in [0.3, 0.4) is 0 Å². The maximum atomic E-state index is 13.6. The number of benzene rings is 3. The van der Waals surface area contributed by atoms with E-state index in [-0.39, 0.29) is 29.1 Å². The molecule has 1 unspecified atom stereocenters. The molecular weight excluding hydrogens is 558 g/mol. The minimum atomic E-state index is -4.43. The van der Waals surface area contributed by atoms with Gasteiger partial charge >= 0.3 is 6.18 Å². The Morgan fingerprint density at radius 1 is 0.951 bits per heavy atom. The van der Waals surface area contributed by atoms with Crippen molar-refractivity contribution in [2.24, 2.45) is 0 Å². The van der Waals surface area contributed by atoms with Crippen LogP contribution in [0.1, 0.15) is 47.2 Å². The Kier molecular flexibility index (Phi) is 9.89. The van der Waals surface area contributed by atoms with E-state index in [0.29, 0.717) is 23.3 Å². The number of alkyl halides is 3. The first-order valence-electron chi connectivity index (χ1n) is 13.1. The number of hydrogen-bond acceptors (Lipinski definition) is 3. The zero-order valence-electron chi connectivity index (χ0n) is 22.7. The summed E-state index contributed by atoms with van der Waals surface area (Å²) < 4.78 is 63.4. The third kappa shape index (κ3) is 7.77. The third-order valence-electron chi connectivity index (χ3n) is 6.96. The summed E-state index contributed by atoms with van der Waals surface area (Å²) in [7, 11) is 3.01. The Morgan fingerprint density at radius 2 is 1.66 bits per heavy atom. The van der Waals surface area contributed by atoms with E-state index in [1.165, 1.54) is 25.3 Å². The van der Waals surface area contributed by atoms with Crippen LogP contribution in [0.25, 0.3) is 16.7 Å². The summed E-state index contributed by atoms with van der Waals surface area (Å²) in [5, 5.41) is 3.11. The zero-order chi connectivity index (χ0) is 29.6. The number of allylic oxidation sites excluding steroid dienone is 3. The van der Waals surface area contributed by atoms with Crippen LogP contribution in [-0.2, 0) is 10.9 Å². The van der Waals surface area contributed by atoms with Crippen LogP contribution in [0, 0.1) is 5.82 Å². The van der Waals surface area contributed by atoms with Crippen molar-refractivity contribution in [2.45, 2.75) is 37.9 Å². The van der Waals surface area contributed by atoms with E-state index < -0.39 is 17.6 Å². The quantitative estimate of drug-likeness (QED) is 0.255. The molecule has 0 aromatic heterocycles. The van der Waals surface area contributed by atoms with Gasteiger partial charge in [-0.2, -0.15) is 13.2 Å². The van der Waals surface area contributed by atoms with E-state index in [9.17, 15) is 22.4 Å². The van der Waals surface area contributed by atoms with Gasteiger partial charge in [-0.15, -0.1) is 0 Å². The van der Waals surface area contributed by atoms with Gasteiger partial charge < -0.3 is 14.8 Å². The lowest BCUT2D eigenvalue weighted by molar-refractivity contribution is -0.137. The number of halogens is 5. The average Bonchev–Trinajstić information content (AvgIpc) is 3.19. The van der Waals surface area contributed by atoms with Gasteiger partial charge in [-0.1, -0.05) is 53.6 Å². The molecule has 4 rings (SSSR count).